The maximum absolute atomic E-state index is 9.20. The van der Waals surface area contributed by atoms with E-state index in [4.69, 9.17) is 10.0 Å². The van der Waals surface area contributed by atoms with E-state index in [-0.39, 0.29) is 0 Å². The van der Waals surface area contributed by atoms with Gasteiger partial charge in [0.15, 0.2) is 0 Å². The van der Waals surface area contributed by atoms with Gasteiger partial charge in [0.25, 0.3) is 0 Å². The molecule has 0 aliphatic carbocycles. The summed E-state index contributed by atoms with van der Waals surface area (Å²) in [6, 6.07) is 7.07. The summed E-state index contributed by atoms with van der Waals surface area (Å²) >= 11 is 0. The van der Waals surface area contributed by atoms with E-state index in [0.29, 0.717) is 5.46 Å². The predicted octanol–water partition coefficient (Wildman–Crippen LogP) is -0.646. The molecule has 0 amide bonds. The summed E-state index contributed by atoms with van der Waals surface area (Å²) < 4.78 is 21.2. The Labute approximate surface area is 90.2 Å². The average Bonchev–Trinajstić information content (AvgIpc) is 2.19. The maximum Gasteiger partial charge on any atom is 0.488 e. The molecule has 0 saturated heterocycles. The molecule has 0 aliphatic heterocycles. The Morgan fingerprint density at radius 3 is 1.87 bits per heavy atom. The van der Waals surface area contributed by atoms with Gasteiger partial charge in [-0.1, -0.05) is 29.8 Å². The molecule has 0 heterocycles. The van der Waals surface area contributed by atoms with E-state index in [9.17, 15) is 8.42 Å². The summed E-state index contributed by atoms with van der Waals surface area (Å²) in [4.78, 5) is 0. The number of rotatable bonds is 1. The molecule has 1 aromatic carbocycles. The Kier molecular flexibility index (Phi) is 6.60. The van der Waals surface area contributed by atoms with Crippen molar-refractivity contribution in [2.45, 2.75) is 6.92 Å². The highest BCUT2D eigenvalue weighted by Gasteiger charge is 2.08. The van der Waals surface area contributed by atoms with E-state index in [0.717, 1.165) is 5.56 Å². The topological polar surface area (TPSA) is 87.0 Å². The van der Waals surface area contributed by atoms with Gasteiger partial charge < -0.3 is 10.0 Å². The average molecular weight is 229 g/mol. The highest BCUT2D eigenvalue weighted by molar-refractivity contribution is 7.61. The highest BCUT2D eigenvalue weighted by Crippen LogP contribution is 1.92. The van der Waals surface area contributed by atoms with Crippen molar-refractivity contribution in [3.8, 4) is 0 Å². The molecule has 0 atom stereocenters. The number of hydrogen-bond acceptors (Lipinski definition) is 5. The molecule has 15 heavy (non-hydrogen) atoms. The standard InChI is InChI=1S/C7H9BO2.CH3NO2S/c1-6-2-4-7(5-3-6)8(9)10;1-2-5(3)4/h2-5,9-10H,1H3;1H3. The van der Waals surface area contributed by atoms with Gasteiger partial charge in [0, 0.05) is 7.05 Å². The van der Waals surface area contributed by atoms with Crippen LogP contribution >= 0.6 is 0 Å². The lowest BCUT2D eigenvalue weighted by atomic mass is 9.80. The van der Waals surface area contributed by atoms with E-state index < -0.39 is 17.6 Å². The van der Waals surface area contributed by atoms with E-state index in [1.807, 2.05) is 19.1 Å². The van der Waals surface area contributed by atoms with Gasteiger partial charge in [0.1, 0.15) is 0 Å². The Balaban J connectivity index is 0.000000336. The summed E-state index contributed by atoms with van der Waals surface area (Å²) in [6.45, 7) is 1.95. The predicted molar refractivity (Wildman–Crippen MR) is 58.3 cm³/mol. The quantitative estimate of drug-likeness (QED) is 0.626. The SMILES string of the molecule is CN=S(=O)=O.Cc1ccc(B(O)O)cc1. The molecular weight excluding hydrogens is 217 g/mol. The zero-order chi connectivity index (χ0) is 11.8. The first-order valence-electron chi connectivity index (χ1n) is 4.09. The third-order valence-corrected chi connectivity index (χ3v) is 1.82. The first kappa shape index (κ1) is 13.8. The molecule has 0 unspecified atom stereocenters. The molecule has 0 bridgehead atoms. The highest BCUT2D eigenvalue weighted by atomic mass is 32.2. The molecule has 0 radical (unpaired) electrons. The van der Waals surface area contributed by atoms with Gasteiger partial charge in [-0.25, -0.2) is 0 Å². The molecule has 1 aromatic rings. The summed E-state index contributed by atoms with van der Waals surface area (Å²) in [5, 5.41) is 17.3. The van der Waals surface area contributed by atoms with Crippen LogP contribution in [0.3, 0.4) is 0 Å². The van der Waals surface area contributed by atoms with Crippen molar-refractivity contribution in [3.63, 3.8) is 0 Å². The van der Waals surface area contributed by atoms with Gasteiger partial charge in [-0.15, -0.1) is 0 Å². The van der Waals surface area contributed by atoms with Crippen LogP contribution in [0.25, 0.3) is 0 Å². The van der Waals surface area contributed by atoms with Crippen LogP contribution in [0.2, 0.25) is 0 Å². The summed E-state index contributed by atoms with van der Waals surface area (Å²) in [5.41, 5.74) is 1.65. The molecule has 0 saturated carbocycles. The van der Waals surface area contributed by atoms with Gasteiger partial charge >= 0.3 is 17.6 Å². The van der Waals surface area contributed by atoms with Crippen LogP contribution in [-0.4, -0.2) is 32.6 Å². The smallest absolute Gasteiger partial charge is 0.423 e. The van der Waals surface area contributed by atoms with Gasteiger partial charge in [0.2, 0.25) is 0 Å². The summed E-state index contributed by atoms with van der Waals surface area (Å²) in [5.74, 6) is 0. The van der Waals surface area contributed by atoms with Crippen LogP contribution in [0.5, 0.6) is 0 Å². The number of hydrogen-bond donors (Lipinski definition) is 2. The number of aryl methyl sites for hydroxylation is 1. The minimum absolute atomic E-state index is 0.533. The Morgan fingerprint density at radius 2 is 1.60 bits per heavy atom. The van der Waals surface area contributed by atoms with Crippen molar-refractivity contribution in [2.24, 2.45) is 4.36 Å². The minimum Gasteiger partial charge on any atom is -0.423 e. The number of nitrogens with zero attached hydrogens (tertiary/aromatic N) is 1. The lowest BCUT2D eigenvalue weighted by molar-refractivity contribution is 0.426. The van der Waals surface area contributed by atoms with Crippen molar-refractivity contribution in [3.05, 3.63) is 29.8 Å². The Morgan fingerprint density at radius 1 is 1.20 bits per heavy atom. The van der Waals surface area contributed by atoms with Gasteiger partial charge in [-0.3, -0.25) is 0 Å². The first-order valence-corrected chi connectivity index (χ1v) is 5.12. The Bertz CT molecular complexity index is 405. The fraction of sp³-hybridized carbons (Fsp3) is 0.250. The zero-order valence-corrected chi connectivity index (χ0v) is 9.27. The maximum atomic E-state index is 9.20. The third-order valence-electron chi connectivity index (χ3n) is 1.52. The second-order valence-electron chi connectivity index (χ2n) is 2.68. The number of benzene rings is 1. The Hall–Kier alpha value is -1.18. The molecule has 0 aliphatic rings. The molecule has 1 rings (SSSR count). The van der Waals surface area contributed by atoms with Crippen molar-refractivity contribution in [1.82, 2.24) is 0 Å². The largest absolute Gasteiger partial charge is 0.488 e. The molecule has 2 N–H and O–H groups in total. The summed E-state index contributed by atoms with van der Waals surface area (Å²) in [6.07, 6.45) is 0. The van der Waals surface area contributed by atoms with Crippen LogP contribution in [0.1, 0.15) is 5.56 Å². The first-order chi connectivity index (χ1) is 6.97. The van der Waals surface area contributed by atoms with Gasteiger partial charge in [0.05, 0.1) is 0 Å². The molecular formula is C8H12BNO4S. The van der Waals surface area contributed by atoms with Gasteiger partial charge in [-0.05, 0) is 12.4 Å². The monoisotopic (exact) mass is 229 g/mol. The fourth-order valence-electron chi connectivity index (χ4n) is 0.739. The zero-order valence-electron chi connectivity index (χ0n) is 8.45. The second kappa shape index (κ2) is 7.16. The van der Waals surface area contributed by atoms with Crippen LogP contribution in [0, 0.1) is 6.92 Å². The fourth-order valence-corrected chi connectivity index (χ4v) is 0.739. The van der Waals surface area contributed by atoms with Crippen molar-refractivity contribution < 1.29 is 18.5 Å². The molecule has 82 valence electrons. The van der Waals surface area contributed by atoms with Crippen LogP contribution in [0.4, 0.5) is 0 Å². The van der Waals surface area contributed by atoms with Crippen molar-refractivity contribution in [2.75, 3.05) is 7.05 Å². The van der Waals surface area contributed by atoms with Gasteiger partial charge in [-0.2, -0.15) is 12.8 Å². The third kappa shape index (κ3) is 6.84. The second-order valence-corrected chi connectivity index (χ2v) is 3.48. The van der Waals surface area contributed by atoms with E-state index in [2.05, 4.69) is 4.36 Å². The lowest BCUT2D eigenvalue weighted by Crippen LogP contribution is -2.29. The normalized spacial score (nSPS) is 8.53. The van der Waals surface area contributed by atoms with E-state index >= 15 is 0 Å². The molecule has 5 nitrogen and oxygen atoms in total. The molecule has 0 fully saturated rings. The van der Waals surface area contributed by atoms with Crippen molar-refractivity contribution in [1.29, 1.82) is 0 Å². The molecule has 0 spiro atoms. The molecule has 7 heteroatoms. The summed E-state index contributed by atoms with van der Waals surface area (Å²) in [7, 11) is -2.33. The van der Waals surface area contributed by atoms with Crippen LogP contribution < -0.4 is 5.46 Å². The molecule has 0 aromatic heterocycles. The van der Waals surface area contributed by atoms with E-state index in [1.165, 1.54) is 7.05 Å². The van der Waals surface area contributed by atoms with Crippen molar-refractivity contribution >= 4 is 23.1 Å². The minimum atomic E-state index is -2.20. The van der Waals surface area contributed by atoms with Crippen LogP contribution in [0.15, 0.2) is 28.6 Å². The van der Waals surface area contributed by atoms with E-state index in [1.54, 1.807) is 12.1 Å². The lowest BCUT2D eigenvalue weighted by Gasteiger charge is -1.97. The van der Waals surface area contributed by atoms with Crippen LogP contribution in [-0.2, 0) is 10.5 Å².